The average molecular weight is 549 g/mol. The van der Waals surface area contributed by atoms with Gasteiger partial charge in [0.05, 0.1) is 25.1 Å². The zero-order valence-electron chi connectivity index (χ0n) is 21.2. The van der Waals surface area contributed by atoms with E-state index in [0.29, 0.717) is 12.8 Å². The van der Waals surface area contributed by atoms with E-state index in [-0.39, 0.29) is 78.3 Å². The van der Waals surface area contributed by atoms with Crippen LogP contribution in [-0.2, 0) is 4.79 Å². The van der Waals surface area contributed by atoms with Crippen molar-refractivity contribution in [2.24, 2.45) is 11.3 Å². The Morgan fingerprint density at radius 1 is 1.18 bits per heavy atom. The third kappa shape index (κ3) is 4.92. The number of halogens is 4. The minimum Gasteiger partial charge on any atom is -0.481 e. The Labute approximate surface area is 221 Å². The minimum absolute atomic E-state index is 0.0924. The lowest BCUT2D eigenvalue weighted by atomic mass is 9.73. The maximum Gasteiger partial charge on any atom is 0.407 e. The predicted octanol–water partition coefficient (Wildman–Crippen LogP) is 4.13. The Hall–Kier alpha value is -3.69. The molecule has 2 aliphatic heterocycles. The number of ether oxygens (including phenoxy) is 1. The Morgan fingerprint density at radius 2 is 1.85 bits per heavy atom. The van der Waals surface area contributed by atoms with Crippen LogP contribution in [0.25, 0.3) is 11.3 Å². The van der Waals surface area contributed by atoms with Gasteiger partial charge in [-0.3, -0.25) is 14.7 Å². The van der Waals surface area contributed by atoms with Crippen molar-refractivity contribution in [2.45, 2.75) is 75.7 Å². The second-order valence-electron chi connectivity index (χ2n) is 10.6. The number of piperidine rings is 1. The number of nitriles is 1. The minimum atomic E-state index is -4.59. The third-order valence-electron chi connectivity index (χ3n) is 8.40. The lowest BCUT2D eigenvalue weighted by molar-refractivity contribution is -0.212. The first-order valence-corrected chi connectivity index (χ1v) is 12.9. The van der Waals surface area contributed by atoms with E-state index >= 15 is 0 Å². The van der Waals surface area contributed by atoms with Crippen LogP contribution in [0.3, 0.4) is 0 Å². The lowest BCUT2D eigenvalue weighted by Gasteiger charge is -2.40. The summed E-state index contributed by atoms with van der Waals surface area (Å²) < 4.78 is 59.4. The maximum absolute atomic E-state index is 14.3. The number of rotatable bonds is 5. The summed E-state index contributed by atoms with van der Waals surface area (Å²) in [6.45, 7) is 0. The van der Waals surface area contributed by atoms with Crippen LogP contribution in [0.2, 0.25) is 0 Å². The smallest absolute Gasteiger partial charge is 0.407 e. The van der Waals surface area contributed by atoms with Gasteiger partial charge in [0.1, 0.15) is 5.69 Å². The zero-order chi connectivity index (χ0) is 27.9. The van der Waals surface area contributed by atoms with Crippen LogP contribution in [0, 0.1) is 28.5 Å². The molecule has 2 saturated heterocycles. The highest BCUT2D eigenvalue weighted by molar-refractivity contribution is 5.94. The standard InChI is InChI=1S/C26H28F4N6O3/c1-39-22-10-18(19(27)12-32-22)20-11-21(35-34-20)24(38)36-16-2-3-17(36)9-14(8-16)23(37)33-15-4-6-25(13-31,7-5-15)26(28,29)30/h10-12,14-17H,2-9H2,1H3,(H,33,37)(H,34,35). The molecule has 13 heteroatoms. The van der Waals surface area contributed by atoms with E-state index in [2.05, 4.69) is 20.5 Å². The summed E-state index contributed by atoms with van der Waals surface area (Å²) in [5, 5.41) is 18.8. The molecule has 2 aromatic rings. The van der Waals surface area contributed by atoms with E-state index < -0.39 is 23.5 Å². The first-order valence-electron chi connectivity index (χ1n) is 12.9. The van der Waals surface area contributed by atoms with Gasteiger partial charge in [-0.1, -0.05) is 0 Å². The molecule has 1 saturated carbocycles. The van der Waals surface area contributed by atoms with Crippen LogP contribution >= 0.6 is 0 Å². The summed E-state index contributed by atoms with van der Waals surface area (Å²) in [7, 11) is 1.41. The molecule has 4 heterocycles. The molecule has 9 nitrogen and oxygen atoms in total. The molecule has 0 spiro atoms. The Bertz CT molecular complexity index is 1280. The van der Waals surface area contributed by atoms with Gasteiger partial charge in [-0.15, -0.1) is 0 Å². The van der Waals surface area contributed by atoms with Gasteiger partial charge >= 0.3 is 6.18 Å². The fourth-order valence-corrected chi connectivity index (χ4v) is 6.19. The third-order valence-corrected chi connectivity index (χ3v) is 8.40. The number of nitrogens with zero attached hydrogens (tertiary/aromatic N) is 4. The Morgan fingerprint density at radius 3 is 2.44 bits per heavy atom. The number of nitrogens with one attached hydrogen (secondary N) is 2. The Balaban J connectivity index is 1.21. The Kier molecular flexibility index (Phi) is 6.99. The summed E-state index contributed by atoms with van der Waals surface area (Å²) in [5.74, 6) is -1.26. The summed E-state index contributed by atoms with van der Waals surface area (Å²) in [6, 6.07) is 3.58. The topological polar surface area (TPSA) is 124 Å². The SMILES string of the molecule is COc1cc(-c2cc(C(=O)N3C4CCC3CC(C(=O)NC3CCC(C#N)(C(F)(F)F)CC3)C4)[nH]n2)c(F)cn1. The molecule has 39 heavy (non-hydrogen) atoms. The maximum atomic E-state index is 14.3. The number of carbonyl (C=O) groups excluding carboxylic acids is 2. The van der Waals surface area contributed by atoms with Gasteiger partial charge in [-0.25, -0.2) is 9.37 Å². The molecule has 5 rings (SSSR count). The number of methoxy groups -OCH3 is 1. The molecule has 2 unspecified atom stereocenters. The second-order valence-corrected chi connectivity index (χ2v) is 10.6. The van der Waals surface area contributed by atoms with E-state index in [1.807, 2.05) is 0 Å². The normalized spacial score (nSPS) is 28.6. The van der Waals surface area contributed by atoms with E-state index in [1.54, 1.807) is 4.90 Å². The van der Waals surface area contributed by atoms with Crippen LogP contribution in [-0.4, -0.2) is 63.3 Å². The molecule has 3 fully saturated rings. The van der Waals surface area contributed by atoms with Gasteiger partial charge in [0.2, 0.25) is 11.8 Å². The van der Waals surface area contributed by atoms with Gasteiger partial charge in [-0.05, 0) is 57.4 Å². The van der Waals surface area contributed by atoms with E-state index in [4.69, 9.17) is 10.00 Å². The molecule has 2 amide bonds. The van der Waals surface area contributed by atoms with Crippen LogP contribution in [0.15, 0.2) is 18.3 Å². The number of pyridine rings is 1. The number of carbonyl (C=O) groups is 2. The molecule has 2 bridgehead atoms. The lowest BCUT2D eigenvalue weighted by Crippen LogP contribution is -2.51. The summed E-state index contributed by atoms with van der Waals surface area (Å²) in [5.41, 5.74) is -1.77. The molecule has 208 valence electrons. The molecular formula is C26H28F4N6O3. The molecule has 2 N–H and O–H groups in total. The number of aromatic nitrogens is 3. The van der Waals surface area contributed by atoms with E-state index in [1.165, 1.54) is 25.3 Å². The monoisotopic (exact) mass is 548 g/mol. The van der Waals surface area contributed by atoms with Gasteiger partial charge in [0, 0.05) is 35.7 Å². The number of hydrogen-bond donors (Lipinski definition) is 2. The van der Waals surface area contributed by atoms with Crippen LogP contribution in [0.4, 0.5) is 17.6 Å². The van der Waals surface area contributed by atoms with Crippen LogP contribution < -0.4 is 10.1 Å². The van der Waals surface area contributed by atoms with Crippen molar-refractivity contribution >= 4 is 11.8 Å². The number of H-pyrrole nitrogens is 1. The molecule has 2 aromatic heterocycles. The number of fused-ring (bicyclic) bond motifs is 2. The summed E-state index contributed by atoms with van der Waals surface area (Å²) in [4.78, 5) is 32.0. The number of hydrogen-bond acceptors (Lipinski definition) is 6. The van der Waals surface area contributed by atoms with E-state index in [0.717, 1.165) is 19.0 Å². The van der Waals surface area contributed by atoms with Crippen LogP contribution in [0.1, 0.15) is 61.9 Å². The van der Waals surface area contributed by atoms with Gasteiger partial charge in [0.15, 0.2) is 11.2 Å². The van der Waals surface area contributed by atoms with Crippen molar-refractivity contribution in [2.75, 3.05) is 7.11 Å². The molecule has 3 aliphatic rings. The molecule has 1 aliphatic carbocycles. The highest BCUT2D eigenvalue weighted by Gasteiger charge is 2.56. The molecule has 0 aromatic carbocycles. The highest BCUT2D eigenvalue weighted by Crippen LogP contribution is 2.48. The zero-order valence-corrected chi connectivity index (χ0v) is 21.2. The highest BCUT2D eigenvalue weighted by atomic mass is 19.4. The number of amides is 2. The fourth-order valence-electron chi connectivity index (χ4n) is 6.19. The average Bonchev–Trinajstić information content (AvgIpc) is 3.50. The number of aromatic amines is 1. The first-order chi connectivity index (χ1) is 18.5. The van der Waals surface area contributed by atoms with Gasteiger partial charge in [0.25, 0.3) is 5.91 Å². The number of alkyl halides is 3. The van der Waals surface area contributed by atoms with Crippen molar-refractivity contribution in [3.63, 3.8) is 0 Å². The molecular weight excluding hydrogens is 520 g/mol. The van der Waals surface area contributed by atoms with Gasteiger partial charge in [-0.2, -0.15) is 23.5 Å². The predicted molar refractivity (Wildman–Crippen MR) is 129 cm³/mol. The summed E-state index contributed by atoms with van der Waals surface area (Å²) >= 11 is 0. The van der Waals surface area contributed by atoms with E-state index in [9.17, 15) is 27.2 Å². The summed E-state index contributed by atoms with van der Waals surface area (Å²) in [6.07, 6.45) is -1.70. The molecule has 2 atom stereocenters. The largest absolute Gasteiger partial charge is 0.481 e. The second kappa shape index (κ2) is 10.1. The van der Waals surface area contributed by atoms with Crippen LogP contribution in [0.5, 0.6) is 5.88 Å². The van der Waals surface area contributed by atoms with Crippen molar-refractivity contribution in [1.82, 2.24) is 25.4 Å². The van der Waals surface area contributed by atoms with Crippen molar-refractivity contribution in [3.05, 3.63) is 29.8 Å². The van der Waals surface area contributed by atoms with Crippen molar-refractivity contribution in [3.8, 4) is 23.2 Å². The van der Waals surface area contributed by atoms with Crippen molar-refractivity contribution < 1.29 is 31.9 Å². The first kappa shape index (κ1) is 26.9. The fraction of sp³-hybridized carbons (Fsp3) is 0.577. The molecule has 0 radical (unpaired) electrons. The van der Waals surface area contributed by atoms with Gasteiger partial charge < -0.3 is 15.0 Å². The van der Waals surface area contributed by atoms with Crippen molar-refractivity contribution in [1.29, 1.82) is 5.26 Å². The quantitative estimate of drug-likeness (QED) is 0.542.